The van der Waals surface area contributed by atoms with E-state index in [-0.39, 0.29) is 26.1 Å². The SMILES string of the molecule is CC/C=C\C/C=C\C/C=C\C/C=C\C/C=C\C/C=C\C/C=C\C/C=C\CCCCCCCCC(=O)OC(COC(=O)CCCCCCC/C=C\C/C=C\C/C=C\C/C=C\C/C=C\C/C=C\C/C=C\CC)COP(=O)(O)OCC[N+](C)(C)C. The Balaban J connectivity index is 4.28. The minimum atomic E-state index is -4.41. The minimum Gasteiger partial charge on any atom is -0.462 e. The molecule has 0 rings (SSSR count). The Bertz CT molecular complexity index is 2030. The second-order valence-electron chi connectivity index (χ2n) is 21.3. The number of likely N-dealkylation sites (N-methyl/N-ethyl adjacent to an activating group) is 1. The van der Waals surface area contributed by atoms with E-state index in [9.17, 15) is 19.0 Å². The number of nitrogens with zero attached hydrogens (tertiary/aromatic N) is 1. The van der Waals surface area contributed by atoms with Gasteiger partial charge in [-0.1, -0.05) is 241 Å². The molecule has 0 aromatic rings. The van der Waals surface area contributed by atoms with E-state index in [0.717, 1.165) is 167 Å². The number of carbonyl (C=O) groups is 2. The topological polar surface area (TPSA) is 108 Å². The van der Waals surface area contributed by atoms with Crippen molar-refractivity contribution in [1.29, 1.82) is 0 Å². The molecular formula is C72H115NO8P+. The number of rotatable bonds is 55. The van der Waals surface area contributed by atoms with Gasteiger partial charge in [0.1, 0.15) is 19.8 Å². The lowest BCUT2D eigenvalue weighted by atomic mass is 10.1. The van der Waals surface area contributed by atoms with E-state index >= 15 is 0 Å². The smallest absolute Gasteiger partial charge is 0.462 e. The first-order valence-corrected chi connectivity index (χ1v) is 33.0. The van der Waals surface area contributed by atoms with Crippen LogP contribution < -0.4 is 0 Å². The Kier molecular flexibility index (Phi) is 57.1. The molecule has 0 aliphatic rings. The summed E-state index contributed by atoms with van der Waals surface area (Å²) in [6.07, 6.45) is 93.9. The number of hydrogen-bond donors (Lipinski definition) is 1. The van der Waals surface area contributed by atoms with Crippen LogP contribution in [0.3, 0.4) is 0 Å². The van der Waals surface area contributed by atoms with Gasteiger partial charge in [0.2, 0.25) is 0 Å². The quantitative estimate of drug-likeness (QED) is 0.0211. The average molecular weight is 1150 g/mol. The standard InChI is InChI=1S/C72H114NO8P/c1-6-8-10-12-14-16-18-20-22-24-26-28-30-32-34-35-36-37-39-41-43-45-47-49-51-53-55-57-59-61-63-65-72(75)81-70(69-80-82(76,77)79-67-66-73(3,4)5)68-78-71(74)64-62-60-58-56-54-52-50-48-46-44-42-40-38-33-31-29-27-25-23-21-19-17-15-13-11-9-7-2/h8-11,14-17,20-23,26-29,32-34,36-38,41-44,47-50,70H,6-7,12-13,18-19,24-25,30-31,35,39-40,45-46,51-69H2,1-5H3/p+1/b10-8-,11-9-,16-14-,17-15-,22-20-,23-21-,28-26-,29-27-,34-32-,37-36-,38-33-,43-41-,44-42-,49-47-,50-48-. The maximum absolute atomic E-state index is 12.8. The van der Waals surface area contributed by atoms with Crippen molar-refractivity contribution in [2.45, 2.75) is 213 Å². The maximum Gasteiger partial charge on any atom is 0.472 e. The fourth-order valence-corrected chi connectivity index (χ4v) is 8.40. The van der Waals surface area contributed by atoms with Gasteiger partial charge >= 0.3 is 19.8 Å². The summed E-state index contributed by atoms with van der Waals surface area (Å²) in [5.41, 5.74) is 0. The van der Waals surface area contributed by atoms with E-state index in [1.54, 1.807) is 0 Å². The van der Waals surface area contributed by atoms with Crippen molar-refractivity contribution >= 4 is 19.8 Å². The lowest BCUT2D eigenvalue weighted by Gasteiger charge is -2.24. The Hall–Kier alpha value is -4.89. The molecule has 9 nitrogen and oxygen atoms in total. The number of ether oxygens (including phenoxy) is 2. The Labute approximate surface area is 501 Å². The van der Waals surface area contributed by atoms with E-state index < -0.39 is 32.5 Å². The number of allylic oxidation sites excluding steroid dienone is 30. The number of unbranched alkanes of at least 4 members (excludes halogenated alkanes) is 11. The van der Waals surface area contributed by atoms with Crippen LogP contribution in [0, 0.1) is 0 Å². The molecule has 0 radical (unpaired) electrons. The van der Waals surface area contributed by atoms with Crippen LogP contribution in [-0.4, -0.2) is 74.9 Å². The molecule has 10 heteroatoms. The molecule has 0 saturated heterocycles. The zero-order chi connectivity index (χ0) is 59.8. The van der Waals surface area contributed by atoms with Gasteiger partial charge in [-0.3, -0.25) is 18.6 Å². The normalized spacial score (nSPS) is 14.5. The molecule has 0 aromatic heterocycles. The average Bonchev–Trinajstić information content (AvgIpc) is 3.46. The van der Waals surface area contributed by atoms with Crippen molar-refractivity contribution in [3.63, 3.8) is 0 Å². The molecular weight excluding hydrogens is 1040 g/mol. The van der Waals surface area contributed by atoms with Crippen LogP contribution in [0.4, 0.5) is 0 Å². The zero-order valence-corrected chi connectivity index (χ0v) is 53.0. The predicted octanol–water partition coefficient (Wildman–Crippen LogP) is 20.4. The first-order chi connectivity index (χ1) is 40.0. The summed E-state index contributed by atoms with van der Waals surface area (Å²) in [7, 11) is 1.42. The fourth-order valence-electron chi connectivity index (χ4n) is 7.66. The van der Waals surface area contributed by atoms with Crippen molar-refractivity contribution in [2.24, 2.45) is 0 Å². The molecule has 82 heavy (non-hydrogen) atoms. The molecule has 0 aliphatic heterocycles. The van der Waals surface area contributed by atoms with E-state index in [0.29, 0.717) is 23.9 Å². The van der Waals surface area contributed by atoms with Crippen LogP contribution >= 0.6 is 7.82 Å². The van der Waals surface area contributed by atoms with Crippen molar-refractivity contribution < 1.29 is 42.1 Å². The summed E-state index contributed by atoms with van der Waals surface area (Å²) in [5.74, 6) is -0.853. The fraction of sp³-hybridized carbons (Fsp3) is 0.556. The molecule has 0 aliphatic carbocycles. The van der Waals surface area contributed by atoms with Gasteiger partial charge in [-0.05, 0) is 135 Å². The van der Waals surface area contributed by atoms with Crippen LogP contribution in [0.1, 0.15) is 206 Å². The third-order valence-electron chi connectivity index (χ3n) is 12.4. The maximum atomic E-state index is 12.8. The third-order valence-corrected chi connectivity index (χ3v) is 13.4. The Morgan fingerprint density at radius 2 is 0.659 bits per heavy atom. The second kappa shape index (κ2) is 60.7. The number of carbonyl (C=O) groups excluding carboxylic acids is 2. The molecule has 0 amide bonds. The van der Waals surface area contributed by atoms with E-state index in [2.05, 4.69) is 196 Å². The van der Waals surface area contributed by atoms with E-state index in [1.165, 1.54) is 0 Å². The lowest BCUT2D eigenvalue weighted by molar-refractivity contribution is -0.870. The Morgan fingerprint density at radius 1 is 0.378 bits per heavy atom. The van der Waals surface area contributed by atoms with Gasteiger partial charge in [-0.25, -0.2) is 4.57 Å². The number of phosphoric ester groups is 1. The molecule has 2 unspecified atom stereocenters. The summed E-state index contributed by atoms with van der Waals surface area (Å²) in [6, 6.07) is 0. The molecule has 0 saturated carbocycles. The highest BCUT2D eigenvalue weighted by molar-refractivity contribution is 7.47. The lowest BCUT2D eigenvalue weighted by Crippen LogP contribution is -2.37. The molecule has 0 bridgehead atoms. The van der Waals surface area contributed by atoms with Gasteiger partial charge in [0.25, 0.3) is 0 Å². The van der Waals surface area contributed by atoms with Gasteiger partial charge in [0.15, 0.2) is 6.10 Å². The van der Waals surface area contributed by atoms with Crippen molar-refractivity contribution in [3.8, 4) is 0 Å². The van der Waals surface area contributed by atoms with Crippen molar-refractivity contribution in [3.05, 3.63) is 182 Å². The minimum absolute atomic E-state index is 0.0135. The summed E-state index contributed by atoms with van der Waals surface area (Å²) in [5, 5.41) is 0. The van der Waals surface area contributed by atoms with E-state index in [4.69, 9.17) is 18.5 Å². The highest BCUT2D eigenvalue weighted by Crippen LogP contribution is 2.43. The molecule has 0 heterocycles. The number of hydrogen-bond acceptors (Lipinski definition) is 7. The second-order valence-corrected chi connectivity index (χ2v) is 22.8. The van der Waals surface area contributed by atoms with Crippen LogP contribution in [0.2, 0.25) is 0 Å². The van der Waals surface area contributed by atoms with Crippen LogP contribution in [-0.2, 0) is 32.7 Å². The van der Waals surface area contributed by atoms with Gasteiger partial charge in [0.05, 0.1) is 27.7 Å². The molecule has 0 aromatic carbocycles. The van der Waals surface area contributed by atoms with Crippen LogP contribution in [0.15, 0.2) is 182 Å². The molecule has 0 fully saturated rings. The van der Waals surface area contributed by atoms with Gasteiger partial charge in [0, 0.05) is 12.8 Å². The number of quaternary nitrogens is 1. The highest BCUT2D eigenvalue weighted by atomic mass is 31.2. The van der Waals surface area contributed by atoms with E-state index in [1.807, 2.05) is 21.1 Å². The summed E-state index contributed by atoms with van der Waals surface area (Å²) >= 11 is 0. The monoisotopic (exact) mass is 1150 g/mol. The summed E-state index contributed by atoms with van der Waals surface area (Å²) in [4.78, 5) is 35.8. The summed E-state index contributed by atoms with van der Waals surface area (Å²) < 4.78 is 34.6. The van der Waals surface area contributed by atoms with Crippen LogP contribution in [0.25, 0.3) is 0 Å². The van der Waals surface area contributed by atoms with Crippen LogP contribution in [0.5, 0.6) is 0 Å². The van der Waals surface area contributed by atoms with Crippen molar-refractivity contribution in [1.82, 2.24) is 0 Å². The Morgan fingerprint density at radius 3 is 0.976 bits per heavy atom. The first kappa shape index (κ1) is 77.1. The van der Waals surface area contributed by atoms with Gasteiger partial charge in [-0.15, -0.1) is 0 Å². The molecule has 1 N–H and O–H groups in total. The predicted molar refractivity (Wildman–Crippen MR) is 352 cm³/mol. The molecule has 460 valence electrons. The largest absolute Gasteiger partial charge is 0.472 e. The third kappa shape index (κ3) is 64.3. The number of esters is 2. The first-order valence-electron chi connectivity index (χ1n) is 31.5. The molecule has 0 spiro atoms. The summed E-state index contributed by atoms with van der Waals surface area (Å²) in [6.45, 7) is 4.13. The van der Waals surface area contributed by atoms with Gasteiger partial charge in [-0.2, -0.15) is 0 Å². The number of phosphoric acid groups is 1. The van der Waals surface area contributed by atoms with Crippen molar-refractivity contribution in [2.75, 3.05) is 47.5 Å². The molecule has 2 atom stereocenters. The van der Waals surface area contributed by atoms with Gasteiger partial charge < -0.3 is 18.9 Å². The highest BCUT2D eigenvalue weighted by Gasteiger charge is 2.27. The zero-order valence-electron chi connectivity index (χ0n) is 52.1.